The molecular formula is C24H29N3O3S. The highest BCUT2D eigenvalue weighted by Crippen LogP contribution is 2.26. The number of rotatable bonds is 6. The van der Waals surface area contributed by atoms with E-state index in [1.54, 1.807) is 7.11 Å². The van der Waals surface area contributed by atoms with Gasteiger partial charge in [-0.25, -0.2) is 4.98 Å². The molecule has 0 aliphatic carbocycles. The minimum Gasteiger partial charge on any atom is -0.497 e. The van der Waals surface area contributed by atoms with Gasteiger partial charge in [-0.15, -0.1) is 11.3 Å². The van der Waals surface area contributed by atoms with E-state index in [2.05, 4.69) is 17.1 Å². The first kappa shape index (κ1) is 21.6. The van der Waals surface area contributed by atoms with Gasteiger partial charge in [-0.05, 0) is 68.7 Å². The van der Waals surface area contributed by atoms with Gasteiger partial charge in [0.05, 0.1) is 18.8 Å². The molecule has 1 amide bonds. The average Bonchev–Trinajstić information content (AvgIpc) is 3.09. The van der Waals surface area contributed by atoms with Crippen molar-refractivity contribution in [3.05, 3.63) is 57.0 Å². The summed E-state index contributed by atoms with van der Waals surface area (Å²) in [6, 6.07) is 8.25. The molecular weight excluding hydrogens is 410 g/mol. The molecule has 1 fully saturated rings. The summed E-state index contributed by atoms with van der Waals surface area (Å²) in [6.45, 7) is 5.52. The molecule has 6 nitrogen and oxygen atoms in total. The quantitative estimate of drug-likeness (QED) is 0.583. The SMILES string of the molecule is COc1ccc(CCC2CCN(C(=O)Cn3cnc4sc(C)c(C)c4c3=O)CC2)cc1. The molecule has 1 aromatic carbocycles. The van der Waals surface area contributed by atoms with Crippen LogP contribution in [0.25, 0.3) is 10.2 Å². The summed E-state index contributed by atoms with van der Waals surface area (Å²) in [5, 5.41) is 0.648. The number of amides is 1. The number of thiophene rings is 1. The molecule has 0 radical (unpaired) electrons. The Hall–Kier alpha value is -2.67. The number of ether oxygens (including phenoxy) is 1. The topological polar surface area (TPSA) is 64.4 Å². The van der Waals surface area contributed by atoms with E-state index in [1.807, 2.05) is 30.9 Å². The highest BCUT2D eigenvalue weighted by Gasteiger charge is 2.23. The van der Waals surface area contributed by atoms with Gasteiger partial charge in [0.2, 0.25) is 5.91 Å². The van der Waals surface area contributed by atoms with Crippen molar-refractivity contribution in [2.24, 2.45) is 5.92 Å². The van der Waals surface area contributed by atoms with Crippen LogP contribution in [0.5, 0.6) is 5.75 Å². The fraction of sp³-hybridized carbons (Fsp3) is 0.458. The van der Waals surface area contributed by atoms with Crippen LogP contribution in [0.15, 0.2) is 35.4 Å². The molecule has 3 heterocycles. The lowest BCUT2D eigenvalue weighted by Gasteiger charge is -2.32. The van der Waals surface area contributed by atoms with Crippen molar-refractivity contribution in [2.75, 3.05) is 20.2 Å². The van der Waals surface area contributed by atoms with E-state index >= 15 is 0 Å². The van der Waals surface area contributed by atoms with Crippen molar-refractivity contribution in [3.8, 4) is 5.75 Å². The van der Waals surface area contributed by atoms with Gasteiger partial charge in [0, 0.05) is 18.0 Å². The van der Waals surface area contributed by atoms with E-state index in [1.165, 1.54) is 27.8 Å². The molecule has 7 heteroatoms. The zero-order chi connectivity index (χ0) is 22.0. The third-order valence-electron chi connectivity index (χ3n) is 6.43. The fourth-order valence-corrected chi connectivity index (χ4v) is 5.25. The molecule has 1 aliphatic heterocycles. The zero-order valence-electron chi connectivity index (χ0n) is 18.4. The van der Waals surface area contributed by atoms with Crippen LogP contribution in [-0.4, -0.2) is 40.6 Å². The van der Waals surface area contributed by atoms with Crippen LogP contribution in [0.2, 0.25) is 0 Å². The van der Waals surface area contributed by atoms with E-state index in [9.17, 15) is 9.59 Å². The second-order valence-electron chi connectivity index (χ2n) is 8.35. The molecule has 0 saturated carbocycles. The van der Waals surface area contributed by atoms with E-state index in [0.29, 0.717) is 11.3 Å². The Balaban J connectivity index is 1.31. The van der Waals surface area contributed by atoms with E-state index in [-0.39, 0.29) is 18.0 Å². The molecule has 164 valence electrons. The Morgan fingerprint density at radius 2 is 1.90 bits per heavy atom. The average molecular weight is 440 g/mol. The summed E-state index contributed by atoms with van der Waals surface area (Å²) in [7, 11) is 1.68. The number of carbonyl (C=O) groups is 1. The summed E-state index contributed by atoms with van der Waals surface area (Å²) in [4.78, 5) is 33.8. The second kappa shape index (κ2) is 9.22. The lowest BCUT2D eigenvalue weighted by Crippen LogP contribution is -2.41. The van der Waals surface area contributed by atoms with Crippen LogP contribution in [0.4, 0.5) is 0 Å². The number of piperidine rings is 1. The van der Waals surface area contributed by atoms with Gasteiger partial charge in [-0.3, -0.25) is 14.2 Å². The third kappa shape index (κ3) is 4.66. The lowest BCUT2D eigenvalue weighted by atomic mass is 9.90. The van der Waals surface area contributed by atoms with Crippen molar-refractivity contribution in [1.29, 1.82) is 0 Å². The predicted molar refractivity (Wildman–Crippen MR) is 124 cm³/mol. The van der Waals surface area contributed by atoms with Crippen LogP contribution < -0.4 is 10.3 Å². The van der Waals surface area contributed by atoms with Gasteiger partial charge in [0.1, 0.15) is 17.1 Å². The molecule has 0 spiro atoms. The Bertz CT molecular complexity index is 1130. The monoisotopic (exact) mass is 439 g/mol. The van der Waals surface area contributed by atoms with Crippen LogP contribution in [0, 0.1) is 19.8 Å². The molecule has 31 heavy (non-hydrogen) atoms. The Kier molecular flexibility index (Phi) is 6.41. The standard InChI is InChI=1S/C24H29N3O3S/c1-16-17(2)31-23-22(16)24(29)27(15-25-23)14-21(28)26-12-10-19(11-13-26)5-4-18-6-8-20(30-3)9-7-18/h6-9,15,19H,4-5,10-14H2,1-3H3. The largest absolute Gasteiger partial charge is 0.497 e. The summed E-state index contributed by atoms with van der Waals surface area (Å²) in [5.74, 6) is 1.51. The third-order valence-corrected chi connectivity index (χ3v) is 7.54. The van der Waals surface area contributed by atoms with Gasteiger partial charge >= 0.3 is 0 Å². The smallest absolute Gasteiger partial charge is 0.262 e. The highest BCUT2D eigenvalue weighted by molar-refractivity contribution is 7.18. The second-order valence-corrected chi connectivity index (χ2v) is 9.56. The van der Waals surface area contributed by atoms with Crippen molar-refractivity contribution >= 4 is 27.5 Å². The first-order valence-corrected chi connectivity index (χ1v) is 11.6. The number of benzene rings is 1. The summed E-state index contributed by atoms with van der Waals surface area (Å²) >= 11 is 1.53. The molecule has 1 saturated heterocycles. The maximum atomic E-state index is 12.8. The molecule has 0 atom stereocenters. The van der Waals surface area contributed by atoms with Crippen molar-refractivity contribution in [3.63, 3.8) is 0 Å². The van der Waals surface area contributed by atoms with Crippen LogP contribution in [-0.2, 0) is 17.8 Å². The van der Waals surface area contributed by atoms with Crippen LogP contribution in [0.3, 0.4) is 0 Å². The normalized spacial score (nSPS) is 14.9. The number of nitrogens with zero attached hydrogens (tertiary/aromatic N) is 3. The van der Waals surface area contributed by atoms with Crippen molar-refractivity contribution < 1.29 is 9.53 Å². The van der Waals surface area contributed by atoms with E-state index < -0.39 is 0 Å². The van der Waals surface area contributed by atoms with Gasteiger partial charge < -0.3 is 9.64 Å². The number of hydrogen-bond donors (Lipinski definition) is 0. The fourth-order valence-electron chi connectivity index (χ4n) is 4.26. The van der Waals surface area contributed by atoms with E-state index in [4.69, 9.17) is 4.74 Å². The minimum absolute atomic E-state index is 0.00135. The molecule has 2 aromatic heterocycles. The zero-order valence-corrected chi connectivity index (χ0v) is 19.2. The summed E-state index contributed by atoms with van der Waals surface area (Å²) in [5.41, 5.74) is 2.17. The number of aromatic nitrogens is 2. The maximum absolute atomic E-state index is 12.8. The van der Waals surface area contributed by atoms with E-state index in [0.717, 1.165) is 59.8 Å². The number of hydrogen-bond acceptors (Lipinski definition) is 5. The maximum Gasteiger partial charge on any atom is 0.262 e. The van der Waals surface area contributed by atoms with Gasteiger partial charge in [0.15, 0.2) is 0 Å². The number of likely N-dealkylation sites (tertiary alicyclic amines) is 1. The van der Waals surface area contributed by atoms with Crippen LogP contribution in [0.1, 0.15) is 35.3 Å². The number of fused-ring (bicyclic) bond motifs is 1. The van der Waals surface area contributed by atoms with Gasteiger partial charge in [0.25, 0.3) is 5.56 Å². The number of carbonyl (C=O) groups excluding carboxylic acids is 1. The predicted octanol–water partition coefficient (Wildman–Crippen LogP) is 3.95. The first-order chi connectivity index (χ1) is 15.0. The Labute approximate surface area is 186 Å². The van der Waals surface area contributed by atoms with Gasteiger partial charge in [-0.1, -0.05) is 12.1 Å². The molecule has 3 aromatic rings. The Morgan fingerprint density at radius 3 is 2.58 bits per heavy atom. The minimum atomic E-state index is -0.116. The Morgan fingerprint density at radius 1 is 1.19 bits per heavy atom. The molecule has 0 N–H and O–H groups in total. The van der Waals surface area contributed by atoms with Crippen LogP contribution >= 0.6 is 11.3 Å². The first-order valence-electron chi connectivity index (χ1n) is 10.8. The van der Waals surface area contributed by atoms with Crippen molar-refractivity contribution in [1.82, 2.24) is 14.5 Å². The molecule has 4 rings (SSSR count). The van der Waals surface area contributed by atoms with Gasteiger partial charge in [-0.2, -0.15) is 0 Å². The lowest BCUT2D eigenvalue weighted by molar-refractivity contribution is -0.133. The summed E-state index contributed by atoms with van der Waals surface area (Å²) < 4.78 is 6.67. The summed E-state index contributed by atoms with van der Waals surface area (Å²) in [6.07, 6.45) is 5.71. The molecule has 1 aliphatic rings. The highest BCUT2D eigenvalue weighted by atomic mass is 32.1. The molecule has 0 unspecified atom stereocenters. The van der Waals surface area contributed by atoms with Crippen molar-refractivity contribution in [2.45, 2.75) is 46.1 Å². The number of methoxy groups -OCH3 is 1. The number of aryl methyl sites for hydroxylation is 3. The molecule has 0 bridgehead atoms.